The molecule has 0 aromatic rings. The van der Waals surface area contributed by atoms with Crippen LogP contribution in [-0.2, 0) is 9.59 Å². The van der Waals surface area contributed by atoms with Gasteiger partial charge in [0.05, 0.1) is 0 Å². The van der Waals surface area contributed by atoms with Crippen molar-refractivity contribution in [2.24, 2.45) is 11.7 Å². The molecule has 0 atom stereocenters. The third-order valence-electron chi connectivity index (χ3n) is 3.41. The smallest absolute Gasteiger partial charge is 0.323 e. The summed E-state index contributed by atoms with van der Waals surface area (Å²) in [6.07, 6.45) is 2.92. The molecule has 108 valence electrons. The van der Waals surface area contributed by atoms with Crippen LogP contribution < -0.4 is 5.73 Å². The molecule has 1 fully saturated rings. The zero-order chi connectivity index (χ0) is 14.4. The first-order valence-corrected chi connectivity index (χ1v) is 6.48. The van der Waals surface area contributed by atoms with Gasteiger partial charge in [0.25, 0.3) is 0 Å². The number of hydrogen-bond acceptors (Lipinski definition) is 3. The Morgan fingerprint density at radius 3 is 2.26 bits per heavy atom. The van der Waals surface area contributed by atoms with Gasteiger partial charge in [-0.05, 0) is 18.8 Å². The number of amides is 3. The Morgan fingerprint density at radius 2 is 1.84 bits per heavy atom. The van der Waals surface area contributed by atoms with E-state index >= 15 is 0 Å². The normalized spacial score (nSPS) is 16.2. The number of aliphatic carboxylic acids is 1. The molecule has 1 heterocycles. The van der Waals surface area contributed by atoms with Crippen molar-refractivity contribution in [3.05, 3.63) is 0 Å². The summed E-state index contributed by atoms with van der Waals surface area (Å²) >= 11 is 0. The number of carbonyl (C=O) groups excluding carboxylic acids is 2. The van der Waals surface area contributed by atoms with Gasteiger partial charge in [-0.3, -0.25) is 9.59 Å². The molecular formula is C12H21N3O4. The maximum Gasteiger partial charge on any atom is 0.323 e. The zero-order valence-electron chi connectivity index (χ0n) is 11.2. The van der Waals surface area contributed by atoms with Crippen LogP contribution in [-0.4, -0.2) is 59.0 Å². The van der Waals surface area contributed by atoms with Crippen LogP contribution in [0.4, 0.5) is 4.79 Å². The van der Waals surface area contributed by atoms with Gasteiger partial charge in [-0.25, -0.2) is 4.79 Å². The number of nitrogens with zero attached hydrogens (tertiary/aromatic N) is 2. The number of primary amides is 1. The Bertz CT molecular complexity index is 335. The van der Waals surface area contributed by atoms with Crippen LogP contribution in [0.5, 0.6) is 0 Å². The van der Waals surface area contributed by atoms with Gasteiger partial charge in [0, 0.05) is 13.1 Å². The highest BCUT2D eigenvalue weighted by molar-refractivity contribution is 5.86. The van der Waals surface area contributed by atoms with E-state index < -0.39 is 24.5 Å². The van der Waals surface area contributed by atoms with Crippen LogP contribution in [0.2, 0.25) is 0 Å². The number of carboxylic acid groups (broad SMARTS) is 1. The first-order chi connectivity index (χ1) is 8.93. The van der Waals surface area contributed by atoms with Crippen LogP contribution in [0.3, 0.4) is 0 Å². The maximum atomic E-state index is 12.1. The minimum atomic E-state index is -1.15. The van der Waals surface area contributed by atoms with E-state index in [2.05, 4.69) is 6.92 Å². The summed E-state index contributed by atoms with van der Waals surface area (Å²) in [5.74, 6) is -1.25. The fourth-order valence-corrected chi connectivity index (χ4v) is 2.28. The van der Waals surface area contributed by atoms with Crippen LogP contribution in [0, 0.1) is 5.92 Å². The van der Waals surface area contributed by atoms with Crippen molar-refractivity contribution in [2.75, 3.05) is 26.2 Å². The Kier molecular flexibility index (Phi) is 5.59. The van der Waals surface area contributed by atoms with Gasteiger partial charge in [-0.15, -0.1) is 0 Å². The number of carbonyl (C=O) groups is 3. The standard InChI is InChI=1S/C12H21N3O4/c1-2-9-3-5-14(6-4-9)12(19)15(7-10(13)16)8-11(17)18/h9H,2-8H2,1H3,(H2,13,16)(H,17,18). The zero-order valence-corrected chi connectivity index (χ0v) is 11.2. The molecule has 0 radical (unpaired) electrons. The van der Waals surface area contributed by atoms with Gasteiger partial charge in [0.2, 0.25) is 5.91 Å². The van der Waals surface area contributed by atoms with Gasteiger partial charge in [-0.2, -0.15) is 0 Å². The fraction of sp³-hybridized carbons (Fsp3) is 0.750. The molecule has 0 aliphatic carbocycles. The van der Waals surface area contributed by atoms with E-state index in [0.29, 0.717) is 19.0 Å². The SMILES string of the molecule is CCC1CCN(C(=O)N(CC(N)=O)CC(=O)O)CC1. The largest absolute Gasteiger partial charge is 0.480 e. The van der Waals surface area contributed by atoms with E-state index in [9.17, 15) is 14.4 Å². The van der Waals surface area contributed by atoms with Gasteiger partial charge in [-0.1, -0.05) is 13.3 Å². The molecule has 0 unspecified atom stereocenters. The lowest BCUT2D eigenvalue weighted by Crippen LogP contribution is -2.50. The second-order valence-electron chi connectivity index (χ2n) is 4.84. The van der Waals surface area contributed by atoms with Gasteiger partial charge < -0.3 is 20.6 Å². The molecule has 1 saturated heterocycles. The van der Waals surface area contributed by atoms with Crippen LogP contribution in [0.1, 0.15) is 26.2 Å². The highest BCUT2D eigenvalue weighted by Crippen LogP contribution is 2.20. The molecule has 7 heteroatoms. The van der Waals surface area contributed by atoms with E-state index in [0.717, 1.165) is 24.2 Å². The molecule has 0 aromatic heterocycles. The molecule has 1 aliphatic rings. The molecule has 0 bridgehead atoms. The monoisotopic (exact) mass is 271 g/mol. The molecule has 1 rings (SSSR count). The van der Waals surface area contributed by atoms with Crippen molar-refractivity contribution < 1.29 is 19.5 Å². The lowest BCUT2D eigenvalue weighted by molar-refractivity contribution is -0.138. The van der Waals surface area contributed by atoms with Crippen molar-refractivity contribution in [2.45, 2.75) is 26.2 Å². The second-order valence-corrected chi connectivity index (χ2v) is 4.84. The molecule has 7 nitrogen and oxygen atoms in total. The lowest BCUT2D eigenvalue weighted by Gasteiger charge is -2.34. The second kappa shape index (κ2) is 6.96. The summed E-state index contributed by atoms with van der Waals surface area (Å²) < 4.78 is 0. The Labute approximate surface area is 112 Å². The van der Waals surface area contributed by atoms with Gasteiger partial charge >= 0.3 is 12.0 Å². The van der Waals surface area contributed by atoms with E-state index in [-0.39, 0.29) is 6.54 Å². The predicted octanol–water partition coefficient (Wildman–Crippen LogP) is 0.100. The topological polar surface area (TPSA) is 104 Å². The minimum Gasteiger partial charge on any atom is -0.480 e. The van der Waals surface area contributed by atoms with Crippen molar-refractivity contribution in [3.8, 4) is 0 Å². The Hall–Kier alpha value is -1.79. The average molecular weight is 271 g/mol. The van der Waals surface area contributed by atoms with E-state index in [1.165, 1.54) is 0 Å². The fourth-order valence-electron chi connectivity index (χ4n) is 2.28. The van der Waals surface area contributed by atoms with E-state index in [4.69, 9.17) is 10.8 Å². The first-order valence-electron chi connectivity index (χ1n) is 6.48. The number of piperidine rings is 1. The highest BCUT2D eigenvalue weighted by Gasteiger charge is 2.27. The van der Waals surface area contributed by atoms with Crippen molar-refractivity contribution in [1.29, 1.82) is 0 Å². The van der Waals surface area contributed by atoms with Crippen LogP contribution in [0.25, 0.3) is 0 Å². The van der Waals surface area contributed by atoms with E-state index in [1.807, 2.05) is 0 Å². The van der Waals surface area contributed by atoms with Gasteiger partial charge in [0.1, 0.15) is 13.1 Å². The Balaban J connectivity index is 2.60. The molecule has 0 spiro atoms. The Morgan fingerprint density at radius 1 is 1.26 bits per heavy atom. The molecule has 1 aliphatic heterocycles. The summed E-state index contributed by atoms with van der Waals surface area (Å²) in [4.78, 5) is 36.3. The summed E-state index contributed by atoms with van der Waals surface area (Å²) in [5.41, 5.74) is 5.04. The number of rotatable bonds is 5. The minimum absolute atomic E-state index is 0.362. The summed E-state index contributed by atoms with van der Waals surface area (Å²) in [6, 6.07) is -0.421. The molecule has 0 aromatic carbocycles. The van der Waals surface area contributed by atoms with Gasteiger partial charge in [0.15, 0.2) is 0 Å². The molecular weight excluding hydrogens is 250 g/mol. The predicted molar refractivity (Wildman–Crippen MR) is 68.4 cm³/mol. The summed E-state index contributed by atoms with van der Waals surface area (Å²) in [7, 11) is 0. The number of nitrogens with two attached hydrogens (primary N) is 1. The van der Waals surface area contributed by atoms with E-state index in [1.54, 1.807) is 4.90 Å². The molecule has 0 saturated carbocycles. The quantitative estimate of drug-likeness (QED) is 0.740. The first kappa shape index (κ1) is 15.3. The number of hydrogen-bond donors (Lipinski definition) is 2. The lowest BCUT2D eigenvalue weighted by atomic mass is 9.95. The van der Waals surface area contributed by atoms with Crippen LogP contribution >= 0.6 is 0 Å². The van der Waals surface area contributed by atoms with Crippen molar-refractivity contribution >= 4 is 17.9 Å². The highest BCUT2D eigenvalue weighted by atomic mass is 16.4. The maximum absolute atomic E-state index is 12.1. The van der Waals surface area contributed by atoms with Crippen molar-refractivity contribution in [3.63, 3.8) is 0 Å². The number of likely N-dealkylation sites (tertiary alicyclic amines) is 1. The average Bonchev–Trinajstić information content (AvgIpc) is 2.36. The summed E-state index contributed by atoms with van der Waals surface area (Å²) in [5, 5.41) is 8.76. The molecule has 19 heavy (non-hydrogen) atoms. The molecule has 3 amide bonds. The number of urea groups is 1. The third-order valence-corrected chi connectivity index (χ3v) is 3.41. The van der Waals surface area contributed by atoms with Crippen LogP contribution in [0.15, 0.2) is 0 Å². The molecule has 3 N–H and O–H groups in total. The number of carboxylic acids is 1. The summed E-state index contributed by atoms with van der Waals surface area (Å²) in [6.45, 7) is 2.46. The van der Waals surface area contributed by atoms with Crippen molar-refractivity contribution in [1.82, 2.24) is 9.80 Å². The third kappa shape index (κ3) is 4.76.